The van der Waals surface area contributed by atoms with Crippen LogP contribution in [0.15, 0.2) is 4.52 Å². The molecule has 1 atom stereocenters. The molecule has 1 aromatic rings. The monoisotopic (exact) mass is 267 g/mol. The zero-order valence-electron chi connectivity index (χ0n) is 11.4. The summed E-state index contributed by atoms with van der Waals surface area (Å²) in [5, 5.41) is 6.69. The summed E-state index contributed by atoms with van der Waals surface area (Å²) in [6, 6.07) is 0. The summed E-state index contributed by atoms with van der Waals surface area (Å²) in [4.78, 5) is 15.9. The van der Waals surface area contributed by atoms with E-state index in [0.717, 1.165) is 25.9 Å². The van der Waals surface area contributed by atoms with Crippen molar-refractivity contribution in [3.05, 3.63) is 11.7 Å². The summed E-state index contributed by atoms with van der Waals surface area (Å²) in [6.45, 7) is 4.05. The number of aryl methyl sites for hydroxylation is 1. The minimum atomic E-state index is 0.0748. The van der Waals surface area contributed by atoms with Gasteiger partial charge in [0.1, 0.15) is 0 Å². The fourth-order valence-corrected chi connectivity index (χ4v) is 2.15. The lowest BCUT2D eigenvalue weighted by Gasteiger charge is -2.21. The number of hydrogen-bond acceptors (Lipinski definition) is 5. The number of carbonyl (C=O) groups excluding carboxylic acids is 1. The highest BCUT2D eigenvalue weighted by Crippen LogP contribution is 2.16. The minimum absolute atomic E-state index is 0.0748. The Morgan fingerprint density at radius 2 is 2.42 bits per heavy atom. The predicted molar refractivity (Wildman–Crippen MR) is 68.5 cm³/mol. The van der Waals surface area contributed by atoms with Gasteiger partial charge in [0.25, 0.3) is 0 Å². The van der Waals surface area contributed by atoms with Crippen LogP contribution in [0.4, 0.5) is 0 Å². The maximum Gasteiger partial charge on any atom is 0.228 e. The van der Waals surface area contributed by atoms with Crippen LogP contribution < -0.4 is 5.32 Å². The lowest BCUT2D eigenvalue weighted by Crippen LogP contribution is -2.30. The molecule has 0 spiro atoms. The van der Waals surface area contributed by atoms with Crippen LogP contribution in [0.2, 0.25) is 0 Å². The van der Waals surface area contributed by atoms with E-state index in [4.69, 9.17) is 9.26 Å². The minimum Gasteiger partial charge on any atom is -0.381 e. The zero-order chi connectivity index (χ0) is 13.5. The van der Waals surface area contributed by atoms with Crippen molar-refractivity contribution in [1.82, 2.24) is 15.5 Å². The van der Waals surface area contributed by atoms with Crippen molar-refractivity contribution in [3.63, 3.8) is 0 Å². The normalized spacial score (nSPS) is 19.3. The highest BCUT2D eigenvalue weighted by atomic mass is 16.5. The van der Waals surface area contributed by atoms with Crippen LogP contribution >= 0.6 is 0 Å². The number of aromatic nitrogens is 2. The van der Waals surface area contributed by atoms with Gasteiger partial charge in [0.15, 0.2) is 5.82 Å². The molecule has 1 saturated heterocycles. The maximum atomic E-state index is 11.7. The Bertz CT molecular complexity index is 400. The Kier molecular flexibility index (Phi) is 5.32. The lowest BCUT2D eigenvalue weighted by molar-refractivity contribution is -0.123. The van der Waals surface area contributed by atoms with E-state index >= 15 is 0 Å². The molecule has 0 saturated carbocycles. The fourth-order valence-electron chi connectivity index (χ4n) is 2.15. The molecule has 0 unspecified atom stereocenters. The zero-order valence-corrected chi connectivity index (χ0v) is 11.4. The standard InChI is InChI=1S/C13H21N3O3/c1-2-11-15-13(19-16-11)5-6-14-12(17)8-10-4-3-7-18-9-10/h10H,2-9H2,1H3,(H,14,17)/t10-/m0/s1. The largest absolute Gasteiger partial charge is 0.381 e. The highest BCUT2D eigenvalue weighted by Gasteiger charge is 2.17. The molecule has 2 rings (SSSR count). The third-order valence-corrected chi connectivity index (χ3v) is 3.22. The first kappa shape index (κ1) is 14.0. The third-order valence-electron chi connectivity index (χ3n) is 3.22. The van der Waals surface area contributed by atoms with E-state index in [1.807, 2.05) is 6.92 Å². The first-order chi connectivity index (χ1) is 9.28. The van der Waals surface area contributed by atoms with Gasteiger partial charge < -0.3 is 14.6 Å². The van der Waals surface area contributed by atoms with Crippen molar-refractivity contribution in [2.75, 3.05) is 19.8 Å². The number of nitrogens with one attached hydrogen (secondary N) is 1. The fraction of sp³-hybridized carbons (Fsp3) is 0.769. The number of rotatable bonds is 6. The van der Waals surface area contributed by atoms with Gasteiger partial charge in [0.2, 0.25) is 11.8 Å². The van der Waals surface area contributed by atoms with E-state index in [9.17, 15) is 4.79 Å². The number of nitrogens with zero attached hydrogens (tertiary/aromatic N) is 2. The van der Waals surface area contributed by atoms with Gasteiger partial charge in [-0.25, -0.2) is 0 Å². The van der Waals surface area contributed by atoms with Crippen molar-refractivity contribution in [2.45, 2.75) is 39.0 Å². The van der Waals surface area contributed by atoms with Gasteiger partial charge in [-0.3, -0.25) is 4.79 Å². The molecule has 0 aliphatic carbocycles. The number of ether oxygens (including phenoxy) is 1. The van der Waals surface area contributed by atoms with E-state index in [0.29, 0.717) is 43.6 Å². The molecule has 1 aromatic heterocycles. The van der Waals surface area contributed by atoms with Crippen LogP contribution in [0.1, 0.15) is 37.9 Å². The van der Waals surface area contributed by atoms with Crippen molar-refractivity contribution in [1.29, 1.82) is 0 Å². The van der Waals surface area contributed by atoms with Crippen LogP contribution in [0.25, 0.3) is 0 Å². The molecule has 6 heteroatoms. The molecule has 19 heavy (non-hydrogen) atoms. The highest BCUT2D eigenvalue weighted by molar-refractivity contribution is 5.76. The molecule has 106 valence electrons. The number of amides is 1. The molecular formula is C13H21N3O3. The summed E-state index contributed by atoms with van der Waals surface area (Å²) in [6.07, 6.45) is 4.03. The Labute approximate surface area is 112 Å². The van der Waals surface area contributed by atoms with Gasteiger partial charge in [-0.2, -0.15) is 4.98 Å². The average molecular weight is 267 g/mol. The van der Waals surface area contributed by atoms with Crippen molar-refractivity contribution in [2.24, 2.45) is 5.92 Å². The van der Waals surface area contributed by atoms with Crippen molar-refractivity contribution < 1.29 is 14.1 Å². The van der Waals surface area contributed by atoms with Crippen LogP contribution in [0.3, 0.4) is 0 Å². The second-order valence-electron chi connectivity index (χ2n) is 4.85. The van der Waals surface area contributed by atoms with Gasteiger partial charge in [-0.1, -0.05) is 12.1 Å². The molecule has 0 aromatic carbocycles. The van der Waals surface area contributed by atoms with Crippen LogP contribution in [0, 0.1) is 5.92 Å². The Morgan fingerprint density at radius 3 is 3.11 bits per heavy atom. The molecule has 0 radical (unpaired) electrons. The Hall–Kier alpha value is -1.43. The van der Waals surface area contributed by atoms with E-state index < -0.39 is 0 Å². The van der Waals surface area contributed by atoms with E-state index in [-0.39, 0.29) is 5.91 Å². The van der Waals surface area contributed by atoms with E-state index in [1.54, 1.807) is 0 Å². The Morgan fingerprint density at radius 1 is 1.53 bits per heavy atom. The number of hydrogen-bond donors (Lipinski definition) is 1. The van der Waals surface area contributed by atoms with Gasteiger partial charge >= 0.3 is 0 Å². The first-order valence-corrected chi connectivity index (χ1v) is 6.94. The Balaban J connectivity index is 1.63. The molecule has 1 aliphatic heterocycles. The van der Waals surface area contributed by atoms with Gasteiger partial charge in [0.05, 0.1) is 0 Å². The number of carbonyl (C=O) groups is 1. The quantitative estimate of drug-likeness (QED) is 0.835. The molecule has 1 N–H and O–H groups in total. The molecule has 1 amide bonds. The van der Waals surface area contributed by atoms with Crippen LogP contribution in [0.5, 0.6) is 0 Å². The predicted octanol–water partition coefficient (Wildman–Crippen LogP) is 1.11. The lowest BCUT2D eigenvalue weighted by atomic mass is 9.98. The van der Waals surface area contributed by atoms with Gasteiger partial charge in [-0.15, -0.1) is 0 Å². The van der Waals surface area contributed by atoms with Crippen molar-refractivity contribution in [3.8, 4) is 0 Å². The van der Waals surface area contributed by atoms with Gasteiger partial charge in [0, 0.05) is 39.0 Å². The second-order valence-corrected chi connectivity index (χ2v) is 4.85. The molecule has 1 fully saturated rings. The molecular weight excluding hydrogens is 246 g/mol. The summed E-state index contributed by atoms with van der Waals surface area (Å²) in [7, 11) is 0. The second kappa shape index (κ2) is 7.23. The average Bonchev–Trinajstić information content (AvgIpc) is 2.88. The summed E-state index contributed by atoms with van der Waals surface area (Å²) in [5.74, 6) is 1.73. The summed E-state index contributed by atoms with van der Waals surface area (Å²) in [5.41, 5.74) is 0. The van der Waals surface area contributed by atoms with Crippen LogP contribution in [-0.4, -0.2) is 35.8 Å². The summed E-state index contributed by atoms with van der Waals surface area (Å²) >= 11 is 0. The molecule has 6 nitrogen and oxygen atoms in total. The SMILES string of the molecule is CCc1noc(CCNC(=O)C[C@@H]2CCCOC2)n1. The maximum absolute atomic E-state index is 11.7. The topological polar surface area (TPSA) is 77.2 Å². The van der Waals surface area contributed by atoms with Crippen molar-refractivity contribution >= 4 is 5.91 Å². The third kappa shape index (κ3) is 4.63. The molecule has 0 bridgehead atoms. The van der Waals surface area contributed by atoms with E-state index in [1.165, 1.54) is 0 Å². The first-order valence-electron chi connectivity index (χ1n) is 6.94. The van der Waals surface area contributed by atoms with Crippen LogP contribution in [-0.2, 0) is 22.4 Å². The van der Waals surface area contributed by atoms with E-state index in [2.05, 4.69) is 15.5 Å². The molecule has 1 aliphatic rings. The summed E-state index contributed by atoms with van der Waals surface area (Å²) < 4.78 is 10.4. The molecule has 2 heterocycles. The van der Waals surface area contributed by atoms with Gasteiger partial charge in [-0.05, 0) is 18.8 Å². The smallest absolute Gasteiger partial charge is 0.228 e.